The molecule has 2 aromatic carbocycles. The van der Waals surface area contributed by atoms with E-state index >= 15 is 0 Å². The second kappa shape index (κ2) is 13.6. The van der Waals surface area contributed by atoms with Crippen LogP contribution in [0.2, 0.25) is 0 Å². The number of nitrogens with zero attached hydrogens (tertiary/aromatic N) is 2. The molecule has 9 heteroatoms. The highest BCUT2D eigenvalue weighted by molar-refractivity contribution is 7.92. The lowest BCUT2D eigenvalue weighted by atomic mass is 10.1. The summed E-state index contributed by atoms with van der Waals surface area (Å²) >= 11 is 0. The molecule has 2 aromatic rings. The van der Waals surface area contributed by atoms with Gasteiger partial charge in [0.1, 0.15) is 11.9 Å². The van der Waals surface area contributed by atoms with Crippen LogP contribution in [0.1, 0.15) is 63.1 Å². The Morgan fingerprint density at radius 2 is 1.68 bits per heavy atom. The van der Waals surface area contributed by atoms with Crippen LogP contribution in [0.3, 0.4) is 0 Å². The lowest BCUT2D eigenvalue weighted by Gasteiger charge is -2.32. The second-order valence-electron chi connectivity index (χ2n) is 9.55. The van der Waals surface area contributed by atoms with Crippen molar-refractivity contribution in [3.8, 4) is 0 Å². The fourth-order valence-corrected chi connectivity index (χ4v) is 5.15. The van der Waals surface area contributed by atoms with E-state index in [0.717, 1.165) is 23.8 Å². The monoisotopic (exact) mass is 533 g/mol. The van der Waals surface area contributed by atoms with E-state index in [4.69, 9.17) is 0 Å². The molecule has 1 N–H and O–H groups in total. The normalized spacial score (nSPS) is 13.1. The number of hydrogen-bond donors (Lipinski definition) is 1. The number of carbonyl (C=O) groups excluding carboxylic acids is 2. The first-order valence-electron chi connectivity index (χ1n) is 12.8. The van der Waals surface area contributed by atoms with Crippen LogP contribution in [0, 0.1) is 19.7 Å². The lowest BCUT2D eigenvalue weighted by molar-refractivity contribution is -0.141. The quantitative estimate of drug-likeness (QED) is 0.404. The van der Waals surface area contributed by atoms with Crippen LogP contribution >= 0.6 is 0 Å². The average molecular weight is 534 g/mol. The van der Waals surface area contributed by atoms with Gasteiger partial charge in [0.2, 0.25) is 21.8 Å². The summed E-state index contributed by atoms with van der Waals surface area (Å²) < 4.78 is 40.0. The largest absolute Gasteiger partial charge is 0.352 e. The van der Waals surface area contributed by atoms with E-state index in [0.29, 0.717) is 17.7 Å². The van der Waals surface area contributed by atoms with Gasteiger partial charge in [-0.2, -0.15) is 0 Å². The number of hydrogen-bond acceptors (Lipinski definition) is 4. The smallest absolute Gasteiger partial charge is 0.243 e. The molecule has 0 bridgehead atoms. The number of sulfonamides is 1. The Hall–Kier alpha value is -2.94. The third kappa shape index (κ3) is 8.55. The highest BCUT2D eigenvalue weighted by Gasteiger charge is 2.29. The van der Waals surface area contributed by atoms with Crippen molar-refractivity contribution in [1.82, 2.24) is 10.2 Å². The predicted molar refractivity (Wildman–Crippen MR) is 146 cm³/mol. The van der Waals surface area contributed by atoms with E-state index in [1.807, 2.05) is 46.8 Å². The fourth-order valence-electron chi connectivity index (χ4n) is 4.14. The minimum absolute atomic E-state index is 0.0368. The maximum absolute atomic E-state index is 13.5. The maximum atomic E-state index is 13.5. The summed E-state index contributed by atoms with van der Waals surface area (Å²) in [6, 6.07) is 10.6. The summed E-state index contributed by atoms with van der Waals surface area (Å²) in [6.45, 7) is 9.80. The van der Waals surface area contributed by atoms with Crippen LogP contribution in [0.5, 0.6) is 0 Å². The zero-order valence-corrected chi connectivity index (χ0v) is 23.6. The van der Waals surface area contributed by atoms with Gasteiger partial charge in [-0.25, -0.2) is 12.8 Å². The van der Waals surface area contributed by atoms with Crippen molar-refractivity contribution in [2.24, 2.45) is 0 Å². The van der Waals surface area contributed by atoms with Gasteiger partial charge in [0, 0.05) is 25.6 Å². The molecule has 0 aliphatic rings. The van der Waals surface area contributed by atoms with E-state index in [-0.39, 0.29) is 49.6 Å². The van der Waals surface area contributed by atoms with Gasteiger partial charge in [0.05, 0.1) is 11.9 Å². The Morgan fingerprint density at radius 3 is 2.24 bits per heavy atom. The van der Waals surface area contributed by atoms with Crippen molar-refractivity contribution in [3.63, 3.8) is 0 Å². The molecule has 0 heterocycles. The zero-order valence-electron chi connectivity index (χ0n) is 22.8. The molecule has 0 spiro atoms. The van der Waals surface area contributed by atoms with Crippen molar-refractivity contribution in [3.05, 3.63) is 65.0 Å². The summed E-state index contributed by atoms with van der Waals surface area (Å²) in [5.74, 6) is -0.874. The molecule has 0 aromatic heterocycles. The molecule has 0 aliphatic carbocycles. The molecule has 0 fully saturated rings. The Morgan fingerprint density at radius 1 is 1.03 bits per heavy atom. The number of rotatable bonds is 13. The van der Waals surface area contributed by atoms with Crippen LogP contribution in [0.4, 0.5) is 10.1 Å². The standard InChI is InChI=1S/C28H40FN3O4S/c1-7-21(4)30-28(34)25(8-2)31(19-23-14-16-24(29)17-15-23)27(33)13-10-18-32(37(6,35)36)26-12-9-11-20(3)22(26)5/h9,11-12,14-17,21,25H,7-8,10,13,18-19H2,1-6H3,(H,30,34)/t21-,25+/m1/s1. The summed E-state index contributed by atoms with van der Waals surface area (Å²) in [5.41, 5.74) is 3.14. The number of anilines is 1. The Kier molecular flexibility index (Phi) is 11.1. The number of aryl methyl sites for hydroxylation is 1. The number of nitrogens with one attached hydrogen (secondary N) is 1. The van der Waals surface area contributed by atoms with Crippen molar-refractivity contribution >= 4 is 27.5 Å². The fraction of sp³-hybridized carbons (Fsp3) is 0.500. The van der Waals surface area contributed by atoms with Crippen LogP contribution in [0.15, 0.2) is 42.5 Å². The Bertz CT molecular complexity index is 1170. The molecular formula is C28H40FN3O4S. The molecule has 2 rings (SSSR count). The van der Waals surface area contributed by atoms with Crippen molar-refractivity contribution < 1.29 is 22.4 Å². The van der Waals surface area contributed by atoms with Crippen LogP contribution in [0.25, 0.3) is 0 Å². The topological polar surface area (TPSA) is 86.8 Å². The molecule has 0 unspecified atom stereocenters. The SMILES string of the molecule is CC[C@@H](C)NC(=O)[C@H](CC)N(Cc1ccc(F)cc1)C(=O)CCCN(c1cccc(C)c1C)S(C)(=O)=O. The molecule has 0 radical (unpaired) electrons. The van der Waals surface area contributed by atoms with E-state index in [9.17, 15) is 22.4 Å². The number of halogens is 1. The molecule has 204 valence electrons. The van der Waals surface area contributed by atoms with Gasteiger partial charge in [-0.05, 0) is 74.9 Å². The summed E-state index contributed by atoms with van der Waals surface area (Å²) in [5, 5.41) is 2.96. The van der Waals surface area contributed by atoms with Crippen molar-refractivity contribution in [2.75, 3.05) is 17.1 Å². The first-order valence-corrected chi connectivity index (χ1v) is 14.6. The van der Waals surface area contributed by atoms with E-state index in [1.165, 1.54) is 21.3 Å². The zero-order chi connectivity index (χ0) is 27.8. The summed E-state index contributed by atoms with van der Waals surface area (Å²) in [6.07, 6.45) is 2.67. The third-order valence-corrected chi connectivity index (χ3v) is 7.83. The molecule has 37 heavy (non-hydrogen) atoms. The van der Waals surface area contributed by atoms with Crippen LogP contribution < -0.4 is 9.62 Å². The third-order valence-electron chi connectivity index (χ3n) is 6.65. The number of carbonyl (C=O) groups is 2. The molecule has 7 nitrogen and oxygen atoms in total. The van der Waals surface area contributed by atoms with Gasteiger partial charge < -0.3 is 10.2 Å². The Balaban J connectivity index is 2.25. The van der Waals surface area contributed by atoms with E-state index in [2.05, 4.69) is 5.32 Å². The molecule has 2 amide bonds. The molecule has 2 atom stereocenters. The predicted octanol–water partition coefficient (Wildman–Crippen LogP) is 4.71. The van der Waals surface area contributed by atoms with Crippen molar-refractivity contribution in [2.45, 2.75) is 78.9 Å². The molecular weight excluding hydrogens is 493 g/mol. The van der Waals surface area contributed by atoms with Crippen molar-refractivity contribution in [1.29, 1.82) is 0 Å². The minimum Gasteiger partial charge on any atom is -0.352 e. The van der Waals surface area contributed by atoms with E-state index < -0.39 is 16.1 Å². The second-order valence-corrected chi connectivity index (χ2v) is 11.5. The first kappa shape index (κ1) is 30.3. The van der Waals surface area contributed by atoms with Gasteiger partial charge in [0.15, 0.2) is 0 Å². The summed E-state index contributed by atoms with van der Waals surface area (Å²) in [4.78, 5) is 28.0. The summed E-state index contributed by atoms with van der Waals surface area (Å²) in [7, 11) is -3.57. The lowest BCUT2D eigenvalue weighted by Crippen LogP contribution is -2.50. The first-order chi connectivity index (χ1) is 17.4. The van der Waals surface area contributed by atoms with Crippen LogP contribution in [-0.2, 0) is 26.2 Å². The maximum Gasteiger partial charge on any atom is 0.243 e. The highest BCUT2D eigenvalue weighted by atomic mass is 32.2. The average Bonchev–Trinajstić information content (AvgIpc) is 2.84. The molecule has 0 saturated heterocycles. The van der Waals surface area contributed by atoms with Crippen LogP contribution in [-0.4, -0.2) is 50.0 Å². The van der Waals surface area contributed by atoms with E-state index in [1.54, 1.807) is 18.2 Å². The van der Waals surface area contributed by atoms with Gasteiger partial charge in [0.25, 0.3) is 0 Å². The minimum atomic E-state index is -3.57. The Labute approximate surface area is 221 Å². The van der Waals surface area contributed by atoms with Gasteiger partial charge in [-0.1, -0.05) is 38.1 Å². The van der Waals surface area contributed by atoms with Gasteiger partial charge >= 0.3 is 0 Å². The molecule has 0 aliphatic heterocycles. The number of amides is 2. The van der Waals surface area contributed by atoms with Gasteiger partial charge in [-0.15, -0.1) is 0 Å². The highest BCUT2D eigenvalue weighted by Crippen LogP contribution is 2.25. The van der Waals surface area contributed by atoms with Gasteiger partial charge in [-0.3, -0.25) is 13.9 Å². The molecule has 0 saturated carbocycles. The number of benzene rings is 2.